The maximum atomic E-state index is 13.0. The van der Waals surface area contributed by atoms with Crippen LogP contribution in [0, 0.1) is 0 Å². The number of fused-ring (bicyclic) bond motifs is 3. The summed E-state index contributed by atoms with van der Waals surface area (Å²) in [4.78, 5) is 46.4. The number of imide groups is 1. The summed E-state index contributed by atoms with van der Waals surface area (Å²) in [5.74, 6) is -0.242. The lowest BCUT2D eigenvalue weighted by atomic mass is 9.97. The second kappa shape index (κ2) is 9.03. The van der Waals surface area contributed by atoms with E-state index in [0.717, 1.165) is 46.8 Å². The molecule has 32 heavy (non-hydrogen) atoms. The molecule has 0 unspecified atom stereocenters. The normalized spacial score (nSPS) is 17.5. The molecule has 2 aliphatic rings. The molecular weight excluding hydrogens is 442 g/mol. The van der Waals surface area contributed by atoms with Crippen molar-refractivity contribution < 1.29 is 9.59 Å². The molecule has 1 aliphatic heterocycles. The van der Waals surface area contributed by atoms with Crippen molar-refractivity contribution in [3.05, 3.63) is 67.9 Å². The third kappa shape index (κ3) is 4.04. The van der Waals surface area contributed by atoms with Gasteiger partial charge in [0.05, 0.1) is 16.6 Å². The first-order chi connectivity index (χ1) is 15.6. The molecule has 0 atom stereocenters. The van der Waals surface area contributed by atoms with E-state index in [1.165, 1.54) is 21.8 Å². The number of aryl methyl sites for hydroxylation is 3. The van der Waals surface area contributed by atoms with Gasteiger partial charge < -0.3 is 0 Å². The molecule has 2 aromatic heterocycles. The number of carbonyl (C=O) groups is 2. The highest BCUT2D eigenvalue weighted by Crippen LogP contribution is 2.34. The molecule has 5 rings (SSSR count). The summed E-state index contributed by atoms with van der Waals surface area (Å²) in [6.07, 6.45) is 9.05. The summed E-state index contributed by atoms with van der Waals surface area (Å²) < 4.78 is 1.67. The van der Waals surface area contributed by atoms with Crippen molar-refractivity contribution in [2.24, 2.45) is 0 Å². The number of rotatable bonds is 6. The molecule has 2 amide bonds. The van der Waals surface area contributed by atoms with Crippen molar-refractivity contribution in [3.63, 3.8) is 0 Å². The van der Waals surface area contributed by atoms with Gasteiger partial charge in [0.25, 0.3) is 16.7 Å². The minimum absolute atomic E-state index is 0.0337. The number of thiophene rings is 1. The topological polar surface area (TPSA) is 72.3 Å². The van der Waals surface area contributed by atoms with Crippen LogP contribution in [0.25, 0.3) is 16.3 Å². The summed E-state index contributed by atoms with van der Waals surface area (Å²) in [5, 5.41) is 0.562. The Morgan fingerprint density at radius 2 is 1.78 bits per heavy atom. The molecule has 0 radical (unpaired) electrons. The van der Waals surface area contributed by atoms with Crippen LogP contribution in [0.2, 0.25) is 0 Å². The molecular formula is C24H23N3O3S2. The molecule has 164 valence electrons. The SMILES string of the molecule is O=C1S/C(=C/c2ccccc2)C(=O)N1CCCCn1cnc2sc3c(c2c1=O)CCCC3. The Balaban J connectivity index is 1.22. The van der Waals surface area contributed by atoms with Crippen LogP contribution in [-0.4, -0.2) is 32.1 Å². The van der Waals surface area contributed by atoms with Crippen molar-refractivity contribution in [2.75, 3.05) is 6.54 Å². The number of benzene rings is 1. The molecule has 1 aliphatic carbocycles. The molecule has 3 heterocycles. The highest BCUT2D eigenvalue weighted by atomic mass is 32.2. The van der Waals surface area contributed by atoms with Crippen molar-refractivity contribution in [2.45, 2.75) is 45.1 Å². The van der Waals surface area contributed by atoms with Crippen LogP contribution in [-0.2, 0) is 24.2 Å². The molecule has 8 heteroatoms. The van der Waals surface area contributed by atoms with Gasteiger partial charge in [0.15, 0.2) is 0 Å². The monoisotopic (exact) mass is 465 g/mol. The van der Waals surface area contributed by atoms with Crippen LogP contribution >= 0.6 is 23.1 Å². The molecule has 1 saturated heterocycles. The Hall–Kier alpha value is -2.71. The van der Waals surface area contributed by atoms with Gasteiger partial charge in [-0.1, -0.05) is 30.3 Å². The molecule has 0 bridgehead atoms. The van der Waals surface area contributed by atoms with Gasteiger partial charge in [-0.3, -0.25) is 23.9 Å². The lowest BCUT2D eigenvalue weighted by molar-refractivity contribution is -0.122. The van der Waals surface area contributed by atoms with E-state index in [1.54, 1.807) is 28.3 Å². The minimum atomic E-state index is -0.242. The van der Waals surface area contributed by atoms with E-state index in [-0.39, 0.29) is 16.7 Å². The summed E-state index contributed by atoms with van der Waals surface area (Å²) in [7, 11) is 0. The van der Waals surface area contributed by atoms with Crippen molar-refractivity contribution >= 4 is 50.5 Å². The number of nitrogens with zero attached hydrogens (tertiary/aromatic N) is 3. The Morgan fingerprint density at radius 1 is 1.00 bits per heavy atom. The standard InChI is InChI=1S/C24H23N3O3S2/c28-22-19(14-16-8-2-1-3-9-16)32-24(30)27(22)13-7-6-12-26-15-25-21-20(23(26)29)17-10-4-5-11-18(17)31-21/h1-3,8-9,14-15H,4-7,10-13H2/b19-14+. The maximum absolute atomic E-state index is 13.0. The molecule has 1 fully saturated rings. The summed E-state index contributed by atoms with van der Waals surface area (Å²) in [5.41, 5.74) is 2.13. The summed E-state index contributed by atoms with van der Waals surface area (Å²) in [6.45, 7) is 0.886. The maximum Gasteiger partial charge on any atom is 0.293 e. The van der Waals surface area contributed by atoms with Gasteiger partial charge in [-0.2, -0.15) is 0 Å². The first-order valence-electron chi connectivity index (χ1n) is 10.9. The Morgan fingerprint density at radius 3 is 2.62 bits per heavy atom. The highest BCUT2D eigenvalue weighted by Gasteiger charge is 2.34. The van der Waals surface area contributed by atoms with E-state index >= 15 is 0 Å². The Labute approximate surface area is 194 Å². The number of aromatic nitrogens is 2. The van der Waals surface area contributed by atoms with E-state index in [9.17, 15) is 14.4 Å². The fourth-order valence-corrected chi connectivity index (χ4v) is 6.37. The van der Waals surface area contributed by atoms with Crippen LogP contribution in [0.4, 0.5) is 4.79 Å². The molecule has 1 aromatic carbocycles. The largest absolute Gasteiger partial charge is 0.299 e. The van der Waals surface area contributed by atoms with Gasteiger partial charge in [0, 0.05) is 18.0 Å². The van der Waals surface area contributed by atoms with Crippen molar-refractivity contribution in [1.82, 2.24) is 14.5 Å². The van der Waals surface area contributed by atoms with Gasteiger partial charge in [0.1, 0.15) is 4.83 Å². The molecule has 0 N–H and O–H groups in total. The second-order valence-corrected chi connectivity index (χ2v) is 10.2. The number of hydrogen-bond acceptors (Lipinski definition) is 6. The van der Waals surface area contributed by atoms with E-state index in [2.05, 4.69) is 4.98 Å². The fourth-order valence-electron chi connectivity index (χ4n) is 4.29. The molecule has 0 spiro atoms. The number of unbranched alkanes of at least 4 members (excludes halogenated alkanes) is 1. The zero-order valence-corrected chi connectivity index (χ0v) is 19.2. The number of carbonyl (C=O) groups excluding carboxylic acids is 2. The van der Waals surface area contributed by atoms with E-state index in [1.807, 2.05) is 30.3 Å². The number of amides is 2. The number of thioether (sulfide) groups is 1. The summed E-state index contributed by atoms with van der Waals surface area (Å²) in [6, 6.07) is 9.52. The third-order valence-corrected chi connectivity index (χ3v) is 8.05. The van der Waals surface area contributed by atoms with Crippen LogP contribution in [0.15, 0.2) is 46.4 Å². The van der Waals surface area contributed by atoms with E-state index in [4.69, 9.17) is 0 Å². The molecule has 0 saturated carbocycles. The fraction of sp³-hybridized carbons (Fsp3) is 0.333. The average molecular weight is 466 g/mol. The smallest absolute Gasteiger partial charge is 0.293 e. The van der Waals surface area contributed by atoms with E-state index < -0.39 is 0 Å². The van der Waals surface area contributed by atoms with Gasteiger partial charge in [-0.15, -0.1) is 11.3 Å². The number of hydrogen-bond donors (Lipinski definition) is 0. The van der Waals surface area contributed by atoms with Crippen LogP contribution in [0.5, 0.6) is 0 Å². The van der Waals surface area contributed by atoms with E-state index in [0.29, 0.717) is 30.8 Å². The lowest BCUT2D eigenvalue weighted by Gasteiger charge is -2.13. The molecule has 3 aromatic rings. The van der Waals surface area contributed by atoms with Crippen LogP contribution in [0.1, 0.15) is 41.7 Å². The lowest BCUT2D eigenvalue weighted by Crippen LogP contribution is -2.29. The van der Waals surface area contributed by atoms with Gasteiger partial charge in [-0.25, -0.2) is 4.98 Å². The minimum Gasteiger partial charge on any atom is -0.299 e. The third-order valence-electron chi connectivity index (χ3n) is 5.94. The second-order valence-electron chi connectivity index (χ2n) is 8.09. The average Bonchev–Trinajstić information content (AvgIpc) is 3.31. The summed E-state index contributed by atoms with van der Waals surface area (Å²) >= 11 is 2.64. The highest BCUT2D eigenvalue weighted by molar-refractivity contribution is 8.18. The first kappa shape index (κ1) is 21.2. The molecule has 6 nitrogen and oxygen atoms in total. The van der Waals surface area contributed by atoms with Gasteiger partial charge in [0.2, 0.25) is 0 Å². The Kier molecular flexibility index (Phi) is 5.97. The first-order valence-corrected chi connectivity index (χ1v) is 12.6. The predicted molar refractivity (Wildman–Crippen MR) is 129 cm³/mol. The van der Waals surface area contributed by atoms with Crippen LogP contribution < -0.4 is 5.56 Å². The predicted octanol–water partition coefficient (Wildman–Crippen LogP) is 4.85. The van der Waals surface area contributed by atoms with Crippen molar-refractivity contribution in [1.29, 1.82) is 0 Å². The van der Waals surface area contributed by atoms with Crippen LogP contribution in [0.3, 0.4) is 0 Å². The Bertz CT molecular complexity index is 1280. The zero-order valence-electron chi connectivity index (χ0n) is 17.6. The van der Waals surface area contributed by atoms with Gasteiger partial charge >= 0.3 is 0 Å². The van der Waals surface area contributed by atoms with Gasteiger partial charge in [-0.05, 0) is 67.5 Å². The zero-order chi connectivity index (χ0) is 22.1. The quantitative estimate of drug-likeness (QED) is 0.384. The van der Waals surface area contributed by atoms with Crippen molar-refractivity contribution in [3.8, 4) is 0 Å².